The molecule has 0 aliphatic heterocycles. The fourth-order valence-electron chi connectivity index (χ4n) is 1.95. The number of benzene rings is 1. The van der Waals surface area contributed by atoms with Crippen molar-refractivity contribution in [2.75, 3.05) is 0 Å². The molecule has 2 N–H and O–H groups in total. The molecule has 4 heteroatoms. The molecule has 2 aromatic rings. The quantitative estimate of drug-likeness (QED) is 0.882. The van der Waals surface area contributed by atoms with E-state index in [0.29, 0.717) is 6.42 Å². The third-order valence-corrected chi connectivity index (χ3v) is 2.85. The summed E-state index contributed by atoms with van der Waals surface area (Å²) < 4.78 is 14.9. The van der Waals surface area contributed by atoms with Crippen LogP contribution in [0.3, 0.4) is 0 Å². The molecule has 1 atom stereocenters. The van der Waals surface area contributed by atoms with Gasteiger partial charge in [-0.25, -0.2) is 4.39 Å². The Balaban J connectivity index is 2.19. The molecule has 0 fully saturated rings. The minimum atomic E-state index is -0.243. The highest BCUT2D eigenvalue weighted by Crippen LogP contribution is 2.20. The molecule has 0 aliphatic carbocycles. The van der Waals surface area contributed by atoms with E-state index >= 15 is 0 Å². The molecule has 90 valence electrons. The van der Waals surface area contributed by atoms with Crippen molar-refractivity contribution in [3.05, 3.63) is 53.1 Å². The molecule has 0 bridgehead atoms. The van der Waals surface area contributed by atoms with Crippen LogP contribution < -0.4 is 5.73 Å². The second kappa shape index (κ2) is 4.67. The SMILES string of the molecule is Cc1ccc(F)cc1C(N)Cc1cnn(C)c1. The molecule has 1 heterocycles. The summed E-state index contributed by atoms with van der Waals surface area (Å²) in [4.78, 5) is 0. The summed E-state index contributed by atoms with van der Waals surface area (Å²) in [6.07, 6.45) is 4.38. The van der Waals surface area contributed by atoms with E-state index in [9.17, 15) is 4.39 Å². The maximum Gasteiger partial charge on any atom is 0.123 e. The molecular weight excluding hydrogens is 217 g/mol. The first-order valence-corrected chi connectivity index (χ1v) is 5.55. The van der Waals surface area contributed by atoms with Gasteiger partial charge in [0.1, 0.15) is 5.82 Å². The summed E-state index contributed by atoms with van der Waals surface area (Å²) in [5.41, 5.74) is 9.03. The zero-order valence-electron chi connectivity index (χ0n) is 10.0. The standard InChI is InChI=1S/C13H16FN3/c1-9-3-4-11(14)6-12(9)13(15)5-10-7-16-17(2)8-10/h3-4,6-8,13H,5,15H2,1-2H3. The van der Waals surface area contributed by atoms with Gasteiger partial charge in [0.2, 0.25) is 0 Å². The molecule has 0 saturated carbocycles. The van der Waals surface area contributed by atoms with Gasteiger partial charge < -0.3 is 5.73 Å². The van der Waals surface area contributed by atoms with E-state index in [-0.39, 0.29) is 11.9 Å². The van der Waals surface area contributed by atoms with E-state index < -0.39 is 0 Å². The van der Waals surface area contributed by atoms with Crippen molar-refractivity contribution in [1.29, 1.82) is 0 Å². The topological polar surface area (TPSA) is 43.8 Å². The highest BCUT2D eigenvalue weighted by atomic mass is 19.1. The summed E-state index contributed by atoms with van der Waals surface area (Å²) in [7, 11) is 1.86. The van der Waals surface area contributed by atoms with E-state index in [1.54, 1.807) is 16.9 Å². The second-order valence-corrected chi connectivity index (χ2v) is 4.33. The Morgan fingerprint density at radius 2 is 2.24 bits per heavy atom. The zero-order chi connectivity index (χ0) is 12.4. The predicted molar refractivity (Wildman–Crippen MR) is 65.0 cm³/mol. The summed E-state index contributed by atoms with van der Waals surface area (Å²) in [5, 5.41) is 4.09. The fraction of sp³-hybridized carbons (Fsp3) is 0.308. The van der Waals surface area contributed by atoms with E-state index in [1.165, 1.54) is 12.1 Å². The highest BCUT2D eigenvalue weighted by Gasteiger charge is 2.11. The Kier molecular flexibility index (Phi) is 3.24. The number of aromatic nitrogens is 2. The molecule has 1 aromatic heterocycles. The number of hydrogen-bond donors (Lipinski definition) is 1. The third-order valence-electron chi connectivity index (χ3n) is 2.85. The Morgan fingerprint density at radius 1 is 1.47 bits per heavy atom. The van der Waals surface area contributed by atoms with Crippen LogP contribution in [0, 0.1) is 12.7 Å². The van der Waals surface area contributed by atoms with Gasteiger partial charge in [-0.3, -0.25) is 4.68 Å². The predicted octanol–water partition coefficient (Wildman–Crippen LogP) is 2.11. The van der Waals surface area contributed by atoms with Crippen LogP contribution in [-0.2, 0) is 13.5 Å². The largest absolute Gasteiger partial charge is 0.324 e. The number of nitrogens with two attached hydrogens (primary N) is 1. The summed E-state index contributed by atoms with van der Waals surface area (Å²) >= 11 is 0. The minimum absolute atomic E-state index is 0.199. The average molecular weight is 233 g/mol. The maximum absolute atomic E-state index is 13.2. The number of hydrogen-bond acceptors (Lipinski definition) is 2. The van der Waals surface area contributed by atoms with Crippen molar-refractivity contribution in [3.63, 3.8) is 0 Å². The maximum atomic E-state index is 13.2. The average Bonchev–Trinajstić information content (AvgIpc) is 2.67. The van der Waals surface area contributed by atoms with Gasteiger partial charge in [0.25, 0.3) is 0 Å². The number of rotatable bonds is 3. The van der Waals surface area contributed by atoms with Crippen LogP contribution in [0.1, 0.15) is 22.7 Å². The van der Waals surface area contributed by atoms with Gasteiger partial charge in [-0.1, -0.05) is 6.07 Å². The lowest BCUT2D eigenvalue weighted by atomic mass is 9.97. The third kappa shape index (κ3) is 2.71. The van der Waals surface area contributed by atoms with Crippen molar-refractivity contribution in [2.45, 2.75) is 19.4 Å². The first-order chi connectivity index (χ1) is 8.06. The van der Waals surface area contributed by atoms with E-state index in [0.717, 1.165) is 16.7 Å². The highest BCUT2D eigenvalue weighted by molar-refractivity contribution is 5.30. The van der Waals surface area contributed by atoms with E-state index in [1.807, 2.05) is 20.2 Å². The van der Waals surface area contributed by atoms with Gasteiger partial charge in [-0.2, -0.15) is 5.10 Å². The van der Waals surface area contributed by atoms with E-state index in [2.05, 4.69) is 5.10 Å². The Labute approximate surface area is 100 Å². The monoisotopic (exact) mass is 233 g/mol. The van der Waals surface area contributed by atoms with Crippen LogP contribution >= 0.6 is 0 Å². The lowest BCUT2D eigenvalue weighted by Gasteiger charge is -2.13. The summed E-state index contributed by atoms with van der Waals surface area (Å²) in [6.45, 7) is 1.94. The normalized spacial score (nSPS) is 12.7. The van der Waals surface area contributed by atoms with Crippen molar-refractivity contribution in [3.8, 4) is 0 Å². The second-order valence-electron chi connectivity index (χ2n) is 4.33. The number of nitrogens with zero attached hydrogens (tertiary/aromatic N) is 2. The molecule has 0 spiro atoms. The van der Waals surface area contributed by atoms with Crippen molar-refractivity contribution in [2.24, 2.45) is 12.8 Å². The molecule has 3 nitrogen and oxygen atoms in total. The van der Waals surface area contributed by atoms with Gasteiger partial charge in [0.15, 0.2) is 0 Å². The van der Waals surface area contributed by atoms with Crippen LogP contribution in [0.4, 0.5) is 4.39 Å². The number of halogens is 1. The zero-order valence-corrected chi connectivity index (χ0v) is 10.0. The molecule has 0 aliphatic rings. The molecule has 0 amide bonds. The minimum Gasteiger partial charge on any atom is -0.324 e. The molecule has 0 radical (unpaired) electrons. The lowest BCUT2D eigenvalue weighted by Crippen LogP contribution is -2.14. The Morgan fingerprint density at radius 3 is 2.88 bits per heavy atom. The van der Waals surface area contributed by atoms with Gasteiger partial charge >= 0.3 is 0 Å². The van der Waals surface area contributed by atoms with Gasteiger partial charge in [0, 0.05) is 19.3 Å². The van der Waals surface area contributed by atoms with Crippen LogP contribution in [0.25, 0.3) is 0 Å². The Bertz CT molecular complexity index is 519. The van der Waals surface area contributed by atoms with Crippen LogP contribution in [-0.4, -0.2) is 9.78 Å². The first-order valence-electron chi connectivity index (χ1n) is 5.55. The van der Waals surface area contributed by atoms with Gasteiger partial charge in [-0.05, 0) is 42.2 Å². The van der Waals surface area contributed by atoms with E-state index in [4.69, 9.17) is 5.73 Å². The molecular formula is C13H16FN3. The van der Waals surface area contributed by atoms with Crippen molar-refractivity contribution >= 4 is 0 Å². The summed E-state index contributed by atoms with van der Waals surface area (Å²) in [5.74, 6) is -0.243. The molecule has 0 saturated heterocycles. The molecule has 2 rings (SSSR count). The van der Waals surface area contributed by atoms with Crippen LogP contribution in [0.2, 0.25) is 0 Å². The van der Waals surface area contributed by atoms with Crippen LogP contribution in [0.15, 0.2) is 30.6 Å². The lowest BCUT2D eigenvalue weighted by molar-refractivity contribution is 0.617. The van der Waals surface area contributed by atoms with Crippen molar-refractivity contribution < 1.29 is 4.39 Å². The first kappa shape index (κ1) is 11.8. The van der Waals surface area contributed by atoms with Crippen LogP contribution in [0.5, 0.6) is 0 Å². The smallest absolute Gasteiger partial charge is 0.123 e. The van der Waals surface area contributed by atoms with Gasteiger partial charge in [-0.15, -0.1) is 0 Å². The Hall–Kier alpha value is -1.68. The van der Waals surface area contributed by atoms with Gasteiger partial charge in [0.05, 0.1) is 6.20 Å². The molecule has 1 unspecified atom stereocenters. The molecule has 1 aromatic carbocycles. The fourth-order valence-corrected chi connectivity index (χ4v) is 1.95. The molecule has 17 heavy (non-hydrogen) atoms. The summed E-state index contributed by atoms with van der Waals surface area (Å²) in [6, 6.07) is 4.52. The number of aryl methyl sites for hydroxylation is 2. The van der Waals surface area contributed by atoms with Crippen molar-refractivity contribution in [1.82, 2.24) is 9.78 Å².